The van der Waals surface area contributed by atoms with Crippen LogP contribution in [0.1, 0.15) is 17.0 Å². The number of hydrogen-bond donors (Lipinski definition) is 1. The highest BCUT2D eigenvalue weighted by Gasteiger charge is 2.13. The number of aromatic nitrogens is 3. The maximum Gasteiger partial charge on any atom is 0.148 e. The standard InChI is InChI=1S/C17H14F2N4/c18-13-8-5-12(6-9-13)7-10-17-15(11-20)21-22-23(17)16-4-2-1-3-14(16)19/h1-10H,11,20H2/b10-7+. The van der Waals surface area contributed by atoms with E-state index in [0.717, 1.165) is 5.56 Å². The van der Waals surface area contributed by atoms with E-state index in [1.54, 1.807) is 42.5 Å². The molecule has 3 aromatic rings. The summed E-state index contributed by atoms with van der Waals surface area (Å²) in [6.45, 7) is 0.178. The van der Waals surface area contributed by atoms with Gasteiger partial charge in [0, 0.05) is 6.54 Å². The van der Waals surface area contributed by atoms with Gasteiger partial charge in [-0.15, -0.1) is 5.10 Å². The van der Waals surface area contributed by atoms with Crippen molar-refractivity contribution in [3.63, 3.8) is 0 Å². The van der Waals surface area contributed by atoms with Gasteiger partial charge in [0.15, 0.2) is 0 Å². The van der Waals surface area contributed by atoms with Crippen molar-refractivity contribution >= 4 is 12.2 Å². The topological polar surface area (TPSA) is 56.7 Å². The molecule has 1 heterocycles. The molecule has 0 unspecified atom stereocenters. The van der Waals surface area contributed by atoms with E-state index in [-0.39, 0.29) is 12.4 Å². The second-order valence-electron chi connectivity index (χ2n) is 4.87. The van der Waals surface area contributed by atoms with Crippen LogP contribution in [0.2, 0.25) is 0 Å². The third-order valence-electron chi connectivity index (χ3n) is 3.36. The molecule has 6 heteroatoms. The fraction of sp³-hybridized carbons (Fsp3) is 0.0588. The van der Waals surface area contributed by atoms with Crippen LogP contribution in [0.25, 0.3) is 17.8 Å². The Balaban J connectivity index is 2.03. The van der Waals surface area contributed by atoms with Crippen molar-refractivity contribution in [1.82, 2.24) is 15.0 Å². The molecule has 1 aromatic heterocycles. The number of para-hydroxylation sites is 1. The van der Waals surface area contributed by atoms with Gasteiger partial charge in [-0.2, -0.15) is 0 Å². The lowest BCUT2D eigenvalue weighted by Crippen LogP contribution is -2.04. The third kappa shape index (κ3) is 3.17. The van der Waals surface area contributed by atoms with Crippen LogP contribution < -0.4 is 5.73 Å². The van der Waals surface area contributed by atoms with Crippen LogP contribution in [-0.4, -0.2) is 15.0 Å². The van der Waals surface area contributed by atoms with Crippen LogP contribution in [0.5, 0.6) is 0 Å². The Hall–Kier alpha value is -2.86. The largest absolute Gasteiger partial charge is 0.325 e. The van der Waals surface area contributed by atoms with Gasteiger partial charge in [-0.3, -0.25) is 0 Å². The summed E-state index contributed by atoms with van der Waals surface area (Å²) < 4.78 is 28.3. The lowest BCUT2D eigenvalue weighted by molar-refractivity contribution is 0.606. The maximum absolute atomic E-state index is 14.0. The molecule has 0 fully saturated rings. The summed E-state index contributed by atoms with van der Waals surface area (Å²) in [5, 5.41) is 7.97. The van der Waals surface area contributed by atoms with Crippen LogP contribution in [0, 0.1) is 11.6 Å². The van der Waals surface area contributed by atoms with E-state index in [1.807, 2.05) is 0 Å². The summed E-state index contributed by atoms with van der Waals surface area (Å²) in [6, 6.07) is 12.3. The first-order chi connectivity index (χ1) is 11.2. The molecule has 2 N–H and O–H groups in total. The second kappa shape index (κ2) is 6.50. The van der Waals surface area contributed by atoms with E-state index in [2.05, 4.69) is 10.3 Å². The average Bonchev–Trinajstić information content (AvgIpc) is 2.97. The van der Waals surface area contributed by atoms with E-state index in [9.17, 15) is 8.78 Å². The average molecular weight is 312 g/mol. The molecule has 0 aliphatic carbocycles. The van der Waals surface area contributed by atoms with Crippen molar-refractivity contribution in [2.24, 2.45) is 5.73 Å². The molecular formula is C17H14F2N4. The summed E-state index contributed by atoms with van der Waals surface area (Å²) in [4.78, 5) is 0. The Kier molecular flexibility index (Phi) is 4.25. The number of benzene rings is 2. The van der Waals surface area contributed by atoms with Crippen molar-refractivity contribution in [1.29, 1.82) is 0 Å². The van der Waals surface area contributed by atoms with Crippen LogP contribution >= 0.6 is 0 Å². The van der Waals surface area contributed by atoms with Crippen molar-refractivity contribution in [2.75, 3.05) is 0 Å². The normalized spacial score (nSPS) is 11.3. The SMILES string of the molecule is NCc1nnn(-c2ccccc2F)c1/C=C/c1ccc(F)cc1. The molecule has 0 radical (unpaired) electrons. The van der Waals surface area contributed by atoms with Gasteiger partial charge in [0.25, 0.3) is 0 Å². The van der Waals surface area contributed by atoms with Gasteiger partial charge < -0.3 is 5.73 Å². The van der Waals surface area contributed by atoms with E-state index in [4.69, 9.17) is 5.73 Å². The summed E-state index contributed by atoms with van der Waals surface area (Å²) in [5.41, 5.74) is 7.90. The van der Waals surface area contributed by atoms with Crippen molar-refractivity contribution in [3.8, 4) is 5.69 Å². The van der Waals surface area contributed by atoms with Gasteiger partial charge >= 0.3 is 0 Å². The van der Waals surface area contributed by atoms with E-state index < -0.39 is 5.82 Å². The highest BCUT2D eigenvalue weighted by atomic mass is 19.1. The molecule has 2 aromatic carbocycles. The van der Waals surface area contributed by atoms with Gasteiger partial charge in [0.1, 0.15) is 23.0 Å². The van der Waals surface area contributed by atoms with E-state index in [0.29, 0.717) is 17.1 Å². The molecule has 0 amide bonds. The molecule has 0 bridgehead atoms. The summed E-state index contributed by atoms with van der Waals surface area (Å²) in [5.74, 6) is -0.708. The van der Waals surface area contributed by atoms with Gasteiger partial charge in [0.2, 0.25) is 0 Å². The molecule has 0 spiro atoms. The van der Waals surface area contributed by atoms with Crippen molar-refractivity contribution in [2.45, 2.75) is 6.54 Å². The Morgan fingerprint density at radius 2 is 1.74 bits per heavy atom. The highest BCUT2D eigenvalue weighted by Crippen LogP contribution is 2.18. The van der Waals surface area contributed by atoms with Crippen LogP contribution in [0.4, 0.5) is 8.78 Å². The van der Waals surface area contributed by atoms with Crippen molar-refractivity contribution in [3.05, 3.63) is 77.1 Å². The van der Waals surface area contributed by atoms with Crippen LogP contribution in [-0.2, 0) is 6.54 Å². The third-order valence-corrected chi connectivity index (χ3v) is 3.36. The summed E-state index contributed by atoms with van der Waals surface area (Å²) >= 11 is 0. The Bertz CT molecular complexity index is 838. The molecule has 4 nitrogen and oxygen atoms in total. The molecular weight excluding hydrogens is 298 g/mol. The lowest BCUT2D eigenvalue weighted by Gasteiger charge is -2.05. The first-order valence-electron chi connectivity index (χ1n) is 7.02. The molecule has 0 saturated heterocycles. The molecule has 0 aliphatic heterocycles. The Morgan fingerprint density at radius 1 is 1.00 bits per heavy atom. The number of nitrogens with zero attached hydrogens (tertiary/aromatic N) is 3. The predicted octanol–water partition coefficient (Wildman–Crippen LogP) is 3.17. The van der Waals surface area contributed by atoms with E-state index >= 15 is 0 Å². The molecule has 116 valence electrons. The molecule has 0 aliphatic rings. The summed E-state index contributed by atoms with van der Waals surface area (Å²) in [6.07, 6.45) is 3.51. The molecule has 23 heavy (non-hydrogen) atoms. The monoisotopic (exact) mass is 312 g/mol. The first-order valence-corrected chi connectivity index (χ1v) is 7.02. The quantitative estimate of drug-likeness (QED) is 0.805. The minimum Gasteiger partial charge on any atom is -0.325 e. The van der Waals surface area contributed by atoms with Crippen LogP contribution in [0.3, 0.4) is 0 Å². The summed E-state index contributed by atoms with van der Waals surface area (Å²) in [7, 11) is 0. The minimum atomic E-state index is -0.405. The van der Waals surface area contributed by atoms with Gasteiger partial charge in [-0.25, -0.2) is 13.5 Å². The van der Waals surface area contributed by atoms with Gasteiger partial charge in [0.05, 0.1) is 5.69 Å². The maximum atomic E-state index is 14.0. The zero-order valence-electron chi connectivity index (χ0n) is 12.2. The Labute approximate surface area is 131 Å². The smallest absolute Gasteiger partial charge is 0.148 e. The van der Waals surface area contributed by atoms with Crippen molar-refractivity contribution < 1.29 is 8.78 Å². The highest BCUT2D eigenvalue weighted by molar-refractivity contribution is 5.69. The predicted molar refractivity (Wildman–Crippen MR) is 84.5 cm³/mol. The first kappa shape index (κ1) is 15.1. The van der Waals surface area contributed by atoms with Gasteiger partial charge in [-0.05, 0) is 35.9 Å². The number of halogens is 2. The van der Waals surface area contributed by atoms with E-state index in [1.165, 1.54) is 22.9 Å². The fourth-order valence-corrected chi connectivity index (χ4v) is 2.18. The zero-order valence-corrected chi connectivity index (χ0v) is 12.2. The minimum absolute atomic E-state index is 0.178. The Morgan fingerprint density at radius 3 is 2.43 bits per heavy atom. The number of rotatable bonds is 4. The van der Waals surface area contributed by atoms with Gasteiger partial charge in [-0.1, -0.05) is 35.6 Å². The molecule has 3 rings (SSSR count). The number of hydrogen-bond acceptors (Lipinski definition) is 3. The molecule has 0 saturated carbocycles. The van der Waals surface area contributed by atoms with Crippen LogP contribution in [0.15, 0.2) is 48.5 Å². The fourth-order valence-electron chi connectivity index (χ4n) is 2.18. The lowest BCUT2D eigenvalue weighted by atomic mass is 10.2. The molecule has 0 atom stereocenters. The second-order valence-corrected chi connectivity index (χ2v) is 4.87. The number of nitrogens with two attached hydrogens (primary N) is 1. The zero-order chi connectivity index (χ0) is 16.2.